The fourth-order valence-electron chi connectivity index (χ4n) is 3.35. The first kappa shape index (κ1) is 15.2. The van der Waals surface area contributed by atoms with Crippen molar-refractivity contribution in [2.24, 2.45) is 0 Å². The largest absolute Gasteiger partial charge is 0.342 e. The van der Waals surface area contributed by atoms with E-state index < -0.39 is 0 Å². The van der Waals surface area contributed by atoms with E-state index in [4.69, 9.17) is 0 Å². The molecule has 6 nitrogen and oxygen atoms in total. The van der Waals surface area contributed by atoms with Crippen molar-refractivity contribution in [1.29, 1.82) is 0 Å². The van der Waals surface area contributed by atoms with E-state index in [0.717, 1.165) is 50.1 Å². The van der Waals surface area contributed by atoms with Crippen molar-refractivity contribution in [2.45, 2.75) is 38.0 Å². The third-order valence-electron chi connectivity index (χ3n) is 4.84. The van der Waals surface area contributed by atoms with Gasteiger partial charge in [0.15, 0.2) is 5.69 Å². The van der Waals surface area contributed by atoms with Crippen molar-refractivity contribution in [2.75, 3.05) is 19.6 Å². The molecule has 1 N–H and O–H groups in total. The van der Waals surface area contributed by atoms with E-state index >= 15 is 0 Å². The highest BCUT2D eigenvalue weighted by Gasteiger charge is 2.30. The molecule has 2 amide bonds. The third kappa shape index (κ3) is 2.88. The van der Waals surface area contributed by atoms with Crippen LogP contribution < -0.4 is 5.32 Å². The molecule has 1 aliphatic heterocycles. The number of carbonyl (C=O) groups excluding carboxylic acids is 2. The normalized spacial score (nSPS) is 17.9. The highest BCUT2D eigenvalue weighted by molar-refractivity contribution is 6.00. The Morgan fingerprint density at radius 1 is 1.17 bits per heavy atom. The van der Waals surface area contributed by atoms with Gasteiger partial charge in [-0.3, -0.25) is 9.59 Å². The number of fused-ring (bicyclic) bond motifs is 1. The van der Waals surface area contributed by atoms with Gasteiger partial charge in [-0.25, -0.2) is 4.98 Å². The Hall–Kier alpha value is -2.37. The number of rotatable bonds is 4. The molecule has 1 saturated heterocycles. The summed E-state index contributed by atoms with van der Waals surface area (Å²) in [7, 11) is 0. The summed E-state index contributed by atoms with van der Waals surface area (Å²) >= 11 is 0. The molecular formula is C18H22N4O2. The van der Waals surface area contributed by atoms with Crippen LogP contribution in [0.3, 0.4) is 0 Å². The highest BCUT2D eigenvalue weighted by atomic mass is 16.2. The molecule has 0 unspecified atom stereocenters. The van der Waals surface area contributed by atoms with Gasteiger partial charge in [0.25, 0.3) is 5.91 Å². The van der Waals surface area contributed by atoms with Gasteiger partial charge in [0.1, 0.15) is 5.82 Å². The van der Waals surface area contributed by atoms with Crippen molar-refractivity contribution in [3.63, 3.8) is 0 Å². The summed E-state index contributed by atoms with van der Waals surface area (Å²) in [5.74, 6) is 1.14. The van der Waals surface area contributed by atoms with Gasteiger partial charge < -0.3 is 14.6 Å². The topological polar surface area (TPSA) is 66.7 Å². The fraction of sp³-hybridized carbons (Fsp3) is 0.500. The zero-order valence-corrected chi connectivity index (χ0v) is 13.7. The standard InChI is InChI=1S/C18H22N4O2/c23-15(21-9-3-1-4-10-21)12-19-18(24)16-14-6-2-5-11-22(14)17(20-16)13-7-8-13/h2,5-6,11,13H,1,3-4,7-10,12H2,(H,19,24). The average molecular weight is 326 g/mol. The van der Waals surface area contributed by atoms with Crippen LogP contribution in [-0.4, -0.2) is 45.7 Å². The van der Waals surface area contributed by atoms with Crippen molar-refractivity contribution in [1.82, 2.24) is 19.6 Å². The molecule has 1 aliphatic carbocycles. The van der Waals surface area contributed by atoms with Crippen LogP contribution in [0.5, 0.6) is 0 Å². The van der Waals surface area contributed by atoms with Gasteiger partial charge in [-0.2, -0.15) is 0 Å². The van der Waals surface area contributed by atoms with Crippen molar-refractivity contribution >= 4 is 17.3 Å². The first-order valence-electron chi connectivity index (χ1n) is 8.77. The Labute approximate surface area is 140 Å². The predicted octanol–water partition coefficient (Wildman–Crippen LogP) is 1.95. The first-order valence-corrected chi connectivity index (χ1v) is 8.77. The van der Waals surface area contributed by atoms with Gasteiger partial charge >= 0.3 is 0 Å². The number of carbonyl (C=O) groups is 2. The average Bonchev–Trinajstić information content (AvgIpc) is 3.40. The van der Waals surface area contributed by atoms with Crippen LogP contribution in [0.15, 0.2) is 24.4 Å². The van der Waals surface area contributed by atoms with E-state index in [1.807, 2.05) is 33.7 Å². The number of aromatic nitrogens is 2. The Balaban J connectivity index is 1.48. The summed E-state index contributed by atoms with van der Waals surface area (Å²) < 4.78 is 2.00. The maximum absolute atomic E-state index is 12.5. The molecule has 3 heterocycles. The van der Waals surface area contributed by atoms with Crippen LogP contribution in [0.25, 0.3) is 5.52 Å². The smallest absolute Gasteiger partial charge is 0.272 e. The van der Waals surface area contributed by atoms with Crippen molar-refractivity contribution < 1.29 is 9.59 Å². The van der Waals surface area contributed by atoms with E-state index in [9.17, 15) is 9.59 Å². The number of amides is 2. The van der Waals surface area contributed by atoms with Gasteiger partial charge in [0.05, 0.1) is 12.1 Å². The maximum Gasteiger partial charge on any atom is 0.272 e. The number of piperidine rings is 1. The fourth-order valence-corrected chi connectivity index (χ4v) is 3.35. The molecule has 0 spiro atoms. The Bertz CT molecular complexity index is 772. The van der Waals surface area contributed by atoms with Crippen molar-refractivity contribution in [3.8, 4) is 0 Å². The van der Waals surface area contributed by atoms with Crippen LogP contribution in [0.4, 0.5) is 0 Å². The molecular weight excluding hydrogens is 304 g/mol. The summed E-state index contributed by atoms with van der Waals surface area (Å²) in [6, 6.07) is 5.76. The monoisotopic (exact) mass is 326 g/mol. The summed E-state index contributed by atoms with van der Waals surface area (Å²) in [4.78, 5) is 31.2. The minimum absolute atomic E-state index is 0.00557. The molecule has 0 bridgehead atoms. The second kappa shape index (κ2) is 6.26. The number of imidazole rings is 1. The zero-order valence-electron chi connectivity index (χ0n) is 13.7. The van der Waals surface area contributed by atoms with E-state index in [1.54, 1.807) is 0 Å². The third-order valence-corrected chi connectivity index (χ3v) is 4.84. The summed E-state index contributed by atoms with van der Waals surface area (Å²) in [5.41, 5.74) is 1.23. The number of pyridine rings is 1. The SMILES string of the molecule is O=C(NCC(=O)N1CCCCC1)c1nc(C2CC2)n2ccccc12. The van der Waals surface area contributed by atoms with Gasteiger partial charge in [0, 0.05) is 25.2 Å². The van der Waals surface area contributed by atoms with Gasteiger partial charge in [-0.1, -0.05) is 6.07 Å². The lowest BCUT2D eigenvalue weighted by Gasteiger charge is -2.26. The minimum atomic E-state index is -0.268. The van der Waals surface area contributed by atoms with E-state index in [-0.39, 0.29) is 18.4 Å². The molecule has 2 aromatic heterocycles. The van der Waals surface area contributed by atoms with Crippen molar-refractivity contribution in [3.05, 3.63) is 35.9 Å². The van der Waals surface area contributed by atoms with E-state index in [2.05, 4.69) is 10.3 Å². The lowest BCUT2D eigenvalue weighted by molar-refractivity contribution is -0.130. The molecule has 1 saturated carbocycles. The van der Waals surface area contributed by atoms with Gasteiger partial charge in [-0.15, -0.1) is 0 Å². The van der Waals surface area contributed by atoms with Crippen LogP contribution in [0, 0.1) is 0 Å². The maximum atomic E-state index is 12.5. The molecule has 0 radical (unpaired) electrons. The number of nitrogens with one attached hydrogen (secondary N) is 1. The molecule has 0 aromatic carbocycles. The molecule has 2 aromatic rings. The molecule has 0 atom stereocenters. The van der Waals surface area contributed by atoms with Gasteiger partial charge in [0.2, 0.25) is 5.91 Å². The lowest BCUT2D eigenvalue weighted by Crippen LogP contribution is -2.42. The Morgan fingerprint density at radius 3 is 2.71 bits per heavy atom. The summed E-state index contributed by atoms with van der Waals surface area (Å²) in [5, 5.41) is 2.75. The van der Waals surface area contributed by atoms with Crippen LogP contribution in [0.2, 0.25) is 0 Å². The number of hydrogen-bond donors (Lipinski definition) is 1. The number of nitrogens with zero attached hydrogens (tertiary/aromatic N) is 3. The zero-order chi connectivity index (χ0) is 16.5. The summed E-state index contributed by atoms with van der Waals surface area (Å²) in [6.07, 6.45) is 7.49. The molecule has 4 rings (SSSR count). The predicted molar refractivity (Wildman–Crippen MR) is 89.9 cm³/mol. The molecule has 24 heavy (non-hydrogen) atoms. The highest BCUT2D eigenvalue weighted by Crippen LogP contribution is 2.39. The van der Waals surface area contributed by atoms with Gasteiger partial charge in [-0.05, 0) is 44.2 Å². The van der Waals surface area contributed by atoms with Crippen LogP contribution in [0.1, 0.15) is 54.3 Å². The Kier molecular flexibility index (Phi) is 3.96. The minimum Gasteiger partial charge on any atom is -0.342 e. The Morgan fingerprint density at radius 2 is 1.96 bits per heavy atom. The lowest BCUT2D eigenvalue weighted by atomic mass is 10.1. The molecule has 2 aliphatic rings. The van der Waals surface area contributed by atoms with E-state index in [1.165, 1.54) is 6.42 Å². The number of hydrogen-bond acceptors (Lipinski definition) is 3. The molecule has 2 fully saturated rings. The van der Waals surface area contributed by atoms with Crippen LogP contribution in [-0.2, 0) is 4.79 Å². The van der Waals surface area contributed by atoms with E-state index in [0.29, 0.717) is 11.6 Å². The summed E-state index contributed by atoms with van der Waals surface area (Å²) in [6.45, 7) is 1.64. The van der Waals surface area contributed by atoms with Crippen LogP contribution >= 0.6 is 0 Å². The molecule has 126 valence electrons. The second-order valence-electron chi connectivity index (χ2n) is 6.67. The second-order valence-corrected chi connectivity index (χ2v) is 6.67. The quantitative estimate of drug-likeness (QED) is 0.934. The molecule has 6 heteroatoms. The number of likely N-dealkylation sites (tertiary alicyclic amines) is 1. The first-order chi connectivity index (χ1) is 11.7.